The van der Waals surface area contributed by atoms with Crippen molar-refractivity contribution in [3.05, 3.63) is 194 Å². The molecule has 0 saturated carbocycles. The Labute approximate surface area is 301 Å². The Kier molecular flexibility index (Phi) is 6.35. The van der Waals surface area contributed by atoms with Crippen LogP contribution in [0.25, 0.3) is 109 Å². The van der Waals surface area contributed by atoms with Crippen molar-refractivity contribution in [3.63, 3.8) is 0 Å². The highest BCUT2D eigenvalue weighted by molar-refractivity contribution is 6.26. The van der Waals surface area contributed by atoms with Crippen LogP contribution in [0.5, 0.6) is 0 Å². The zero-order chi connectivity index (χ0) is 34.2. The maximum absolute atomic E-state index is 2.49. The lowest BCUT2D eigenvalue weighted by molar-refractivity contribution is 1.67. The minimum absolute atomic E-state index is 1.23. The summed E-state index contributed by atoms with van der Waals surface area (Å²) in [5, 5.41) is 17.7. The topological polar surface area (TPSA) is 0 Å². The molecule has 0 aromatic heterocycles. The molecule has 11 aromatic carbocycles. The van der Waals surface area contributed by atoms with E-state index in [4.69, 9.17) is 0 Å². The van der Waals surface area contributed by atoms with Gasteiger partial charge >= 0.3 is 0 Å². The van der Waals surface area contributed by atoms with Gasteiger partial charge in [0.05, 0.1) is 0 Å². The molecule has 0 aliphatic rings. The predicted molar refractivity (Wildman–Crippen MR) is 225 cm³/mol. The number of fused-ring (bicyclic) bond motifs is 8. The Balaban J connectivity index is 1.32. The van der Waals surface area contributed by atoms with E-state index in [1.165, 1.54) is 109 Å². The average Bonchev–Trinajstić information content (AvgIpc) is 3.21. The highest BCUT2D eigenvalue weighted by Gasteiger charge is 2.20. The molecule has 0 nitrogen and oxygen atoms in total. The van der Waals surface area contributed by atoms with E-state index in [0.717, 1.165) is 0 Å². The highest BCUT2D eigenvalue weighted by Crippen LogP contribution is 2.48. The molecule has 11 aromatic rings. The molecule has 0 fully saturated rings. The lowest BCUT2D eigenvalue weighted by atomic mass is 9.82. The summed E-state index contributed by atoms with van der Waals surface area (Å²) in [5.74, 6) is 0. The zero-order valence-electron chi connectivity index (χ0n) is 28.5. The normalized spacial score (nSPS) is 11.8. The molecule has 0 atom stereocenters. The maximum atomic E-state index is 2.49. The minimum Gasteiger partial charge on any atom is -0.0616 e. The van der Waals surface area contributed by atoms with Crippen molar-refractivity contribution in [2.24, 2.45) is 0 Å². The molecular weight excluding hydrogens is 625 g/mol. The first-order valence-electron chi connectivity index (χ1n) is 18.1. The fourth-order valence-corrected chi connectivity index (χ4v) is 8.85. The van der Waals surface area contributed by atoms with Crippen LogP contribution in [0.2, 0.25) is 0 Å². The molecule has 0 N–H and O–H groups in total. The van der Waals surface area contributed by atoms with Gasteiger partial charge in [0.1, 0.15) is 0 Å². The van der Waals surface area contributed by atoms with Gasteiger partial charge in [-0.25, -0.2) is 0 Å². The number of benzene rings is 11. The van der Waals surface area contributed by atoms with Crippen LogP contribution in [-0.4, -0.2) is 0 Å². The van der Waals surface area contributed by atoms with E-state index < -0.39 is 0 Å². The van der Waals surface area contributed by atoms with Gasteiger partial charge in [-0.05, 0) is 127 Å². The summed E-state index contributed by atoms with van der Waals surface area (Å²) >= 11 is 0. The molecule has 0 saturated heterocycles. The van der Waals surface area contributed by atoms with Crippen LogP contribution in [-0.2, 0) is 0 Å². The third-order valence-corrected chi connectivity index (χ3v) is 11.2. The fourth-order valence-electron chi connectivity index (χ4n) is 8.85. The number of hydrogen-bond acceptors (Lipinski definition) is 0. The van der Waals surface area contributed by atoms with Gasteiger partial charge in [-0.1, -0.05) is 176 Å². The maximum Gasteiger partial charge on any atom is -0.00199 e. The van der Waals surface area contributed by atoms with Gasteiger partial charge in [0, 0.05) is 0 Å². The lowest BCUT2D eigenvalue weighted by Crippen LogP contribution is -1.93. The van der Waals surface area contributed by atoms with Gasteiger partial charge < -0.3 is 0 Å². The molecule has 0 spiro atoms. The van der Waals surface area contributed by atoms with Gasteiger partial charge in [0.2, 0.25) is 0 Å². The molecule has 52 heavy (non-hydrogen) atoms. The largest absolute Gasteiger partial charge is 0.0616 e. The van der Waals surface area contributed by atoms with Crippen LogP contribution in [0.1, 0.15) is 0 Å². The van der Waals surface area contributed by atoms with Crippen LogP contribution in [0.3, 0.4) is 0 Å². The first-order chi connectivity index (χ1) is 25.8. The van der Waals surface area contributed by atoms with Crippen molar-refractivity contribution >= 4 is 75.4 Å². The Hall–Kier alpha value is -6.76. The van der Waals surface area contributed by atoms with Crippen LogP contribution < -0.4 is 0 Å². The first-order valence-corrected chi connectivity index (χ1v) is 18.1. The third-order valence-electron chi connectivity index (χ3n) is 11.2. The molecule has 0 heterocycles. The summed E-state index contributed by atoms with van der Waals surface area (Å²) in [6.07, 6.45) is 0. The summed E-state index contributed by atoms with van der Waals surface area (Å²) in [6.45, 7) is 0. The highest BCUT2D eigenvalue weighted by atomic mass is 14.2. The van der Waals surface area contributed by atoms with E-state index >= 15 is 0 Å². The van der Waals surface area contributed by atoms with Gasteiger partial charge in [0.15, 0.2) is 0 Å². The van der Waals surface area contributed by atoms with E-state index in [-0.39, 0.29) is 0 Å². The Morgan fingerprint density at radius 3 is 1.48 bits per heavy atom. The standard InChI is InChI=1S/C52H32/c1-2-15-36-30-38(25-24-33(36)12-1)51-44-21-9-10-22-45(44)52(43-23-11-17-34-13-3-6-18-40(34)43)49-32-39(27-29-47(49)51)50-42-20-8-5-16-37(42)31-48-41-19-7-4-14-35(41)26-28-46(48)50/h1-32H. The van der Waals surface area contributed by atoms with Crippen molar-refractivity contribution in [1.82, 2.24) is 0 Å². The van der Waals surface area contributed by atoms with Crippen molar-refractivity contribution in [3.8, 4) is 33.4 Å². The molecule has 0 aliphatic carbocycles. The van der Waals surface area contributed by atoms with E-state index in [2.05, 4.69) is 194 Å². The second-order valence-electron chi connectivity index (χ2n) is 14.0. The second-order valence-corrected chi connectivity index (χ2v) is 14.0. The van der Waals surface area contributed by atoms with Gasteiger partial charge in [-0.3, -0.25) is 0 Å². The summed E-state index contributed by atoms with van der Waals surface area (Å²) in [7, 11) is 0. The van der Waals surface area contributed by atoms with Gasteiger partial charge in [-0.2, -0.15) is 0 Å². The SMILES string of the molecule is c1ccc2cc(-c3c4ccccc4c(-c4cccc5ccccc45)c4cc(-c5c6ccccc6cc6c5ccc5ccccc56)ccc34)ccc2c1. The lowest BCUT2D eigenvalue weighted by Gasteiger charge is -2.21. The average molecular weight is 657 g/mol. The van der Waals surface area contributed by atoms with Crippen molar-refractivity contribution in [1.29, 1.82) is 0 Å². The van der Waals surface area contributed by atoms with Crippen LogP contribution in [0.4, 0.5) is 0 Å². The Morgan fingerprint density at radius 1 is 0.192 bits per heavy atom. The Bertz CT molecular complexity index is 3230. The van der Waals surface area contributed by atoms with Gasteiger partial charge in [-0.15, -0.1) is 0 Å². The third kappa shape index (κ3) is 4.35. The predicted octanol–water partition coefficient (Wildman–Crippen LogP) is 14.8. The smallest absolute Gasteiger partial charge is 0.00199 e. The fraction of sp³-hybridized carbons (Fsp3) is 0. The number of hydrogen-bond donors (Lipinski definition) is 0. The van der Waals surface area contributed by atoms with Crippen LogP contribution in [0.15, 0.2) is 194 Å². The van der Waals surface area contributed by atoms with E-state index in [9.17, 15) is 0 Å². The van der Waals surface area contributed by atoms with E-state index in [1.54, 1.807) is 0 Å². The number of rotatable bonds is 3. The van der Waals surface area contributed by atoms with Crippen molar-refractivity contribution in [2.45, 2.75) is 0 Å². The zero-order valence-corrected chi connectivity index (χ0v) is 28.5. The molecule has 0 bridgehead atoms. The molecule has 0 unspecified atom stereocenters. The minimum atomic E-state index is 1.23. The summed E-state index contributed by atoms with van der Waals surface area (Å²) in [6, 6.07) is 72.1. The second kappa shape index (κ2) is 11.4. The van der Waals surface area contributed by atoms with E-state index in [1.807, 2.05) is 0 Å². The molecule has 11 rings (SSSR count). The van der Waals surface area contributed by atoms with Crippen LogP contribution >= 0.6 is 0 Å². The molecular formula is C52H32. The van der Waals surface area contributed by atoms with Gasteiger partial charge in [0.25, 0.3) is 0 Å². The van der Waals surface area contributed by atoms with Crippen molar-refractivity contribution in [2.75, 3.05) is 0 Å². The Morgan fingerprint density at radius 2 is 0.673 bits per heavy atom. The van der Waals surface area contributed by atoms with Crippen LogP contribution in [0, 0.1) is 0 Å². The molecule has 0 amide bonds. The first kappa shape index (κ1) is 29.0. The summed E-state index contributed by atoms with van der Waals surface area (Å²) < 4.78 is 0. The molecule has 0 heteroatoms. The van der Waals surface area contributed by atoms with E-state index in [0.29, 0.717) is 0 Å². The summed E-state index contributed by atoms with van der Waals surface area (Å²) in [5.41, 5.74) is 7.56. The molecule has 0 radical (unpaired) electrons. The van der Waals surface area contributed by atoms with Crippen molar-refractivity contribution < 1.29 is 0 Å². The molecule has 240 valence electrons. The summed E-state index contributed by atoms with van der Waals surface area (Å²) in [4.78, 5) is 0. The monoisotopic (exact) mass is 656 g/mol. The quantitative estimate of drug-likeness (QED) is 0.131. The molecule has 0 aliphatic heterocycles.